The van der Waals surface area contributed by atoms with Crippen molar-refractivity contribution in [1.29, 1.82) is 0 Å². The molecule has 0 aliphatic heterocycles. The first-order valence-electron chi connectivity index (χ1n) is 6.56. The second-order valence-corrected chi connectivity index (χ2v) is 4.74. The van der Waals surface area contributed by atoms with Crippen molar-refractivity contribution in [2.45, 2.75) is 13.5 Å². The lowest BCUT2D eigenvalue weighted by atomic mass is 10.1. The van der Waals surface area contributed by atoms with E-state index in [0.29, 0.717) is 6.54 Å². The number of carbonyl (C=O) groups is 1. The number of anilines is 1. The molecule has 1 amide bonds. The van der Waals surface area contributed by atoms with Gasteiger partial charge in [-0.25, -0.2) is 8.78 Å². The van der Waals surface area contributed by atoms with Gasteiger partial charge in [0.1, 0.15) is 11.6 Å². The summed E-state index contributed by atoms with van der Waals surface area (Å²) in [6.45, 7) is 2.32. The zero-order valence-corrected chi connectivity index (χ0v) is 11.6. The smallest absolute Gasteiger partial charge is 0.239 e. The van der Waals surface area contributed by atoms with Gasteiger partial charge >= 0.3 is 0 Å². The van der Waals surface area contributed by atoms with E-state index in [4.69, 9.17) is 0 Å². The highest BCUT2D eigenvalue weighted by Gasteiger charge is 2.06. The van der Waals surface area contributed by atoms with E-state index >= 15 is 0 Å². The molecule has 0 saturated carbocycles. The SMILES string of the molecule is Cc1ccc(CNC(=O)CNc2ccc(F)cc2F)cc1. The van der Waals surface area contributed by atoms with Crippen molar-refractivity contribution in [3.05, 3.63) is 65.2 Å². The predicted molar refractivity (Wildman–Crippen MR) is 77.9 cm³/mol. The Balaban J connectivity index is 1.80. The van der Waals surface area contributed by atoms with Crippen molar-refractivity contribution in [3.63, 3.8) is 0 Å². The summed E-state index contributed by atoms with van der Waals surface area (Å²) in [6, 6.07) is 11.0. The first-order chi connectivity index (χ1) is 10.0. The van der Waals surface area contributed by atoms with Crippen molar-refractivity contribution in [2.75, 3.05) is 11.9 Å². The summed E-state index contributed by atoms with van der Waals surface area (Å²) < 4.78 is 26.1. The van der Waals surface area contributed by atoms with Crippen LogP contribution in [0.25, 0.3) is 0 Å². The molecule has 2 N–H and O–H groups in total. The molecule has 0 bridgehead atoms. The summed E-state index contributed by atoms with van der Waals surface area (Å²) in [6.07, 6.45) is 0. The Kier molecular flexibility index (Phi) is 4.87. The molecule has 110 valence electrons. The van der Waals surface area contributed by atoms with Gasteiger partial charge < -0.3 is 10.6 Å². The van der Waals surface area contributed by atoms with E-state index in [1.165, 1.54) is 6.07 Å². The predicted octanol–water partition coefficient (Wildman–Crippen LogP) is 3.00. The average Bonchev–Trinajstić information content (AvgIpc) is 2.46. The van der Waals surface area contributed by atoms with Gasteiger partial charge in [-0.05, 0) is 24.6 Å². The summed E-state index contributed by atoms with van der Waals surface area (Å²) >= 11 is 0. The minimum Gasteiger partial charge on any atom is -0.374 e. The third-order valence-electron chi connectivity index (χ3n) is 2.98. The first-order valence-corrected chi connectivity index (χ1v) is 6.56. The molecule has 0 radical (unpaired) electrons. The topological polar surface area (TPSA) is 41.1 Å². The van der Waals surface area contributed by atoms with E-state index in [-0.39, 0.29) is 18.1 Å². The Morgan fingerprint density at radius 1 is 1.10 bits per heavy atom. The van der Waals surface area contributed by atoms with E-state index in [0.717, 1.165) is 23.3 Å². The van der Waals surface area contributed by atoms with Crippen molar-refractivity contribution in [1.82, 2.24) is 5.32 Å². The molecule has 0 heterocycles. The largest absolute Gasteiger partial charge is 0.374 e. The van der Waals surface area contributed by atoms with Gasteiger partial charge in [-0.2, -0.15) is 0 Å². The lowest BCUT2D eigenvalue weighted by molar-refractivity contribution is -0.119. The second kappa shape index (κ2) is 6.83. The summed E-state index contributed by atoms with van der Waals surface area (Å²) in [4.78, 5) is 11.7. The lowest BCUT2D eigenvalue weighted by Crippen LogP contribution is -2.29. The number of halogens is 2. The highest BCUT2D eigenvalue weighted by atomic mass is 19.1. The molecular formula is C16H16F2N2O. The van der Waals surface area contributed by atoms with Crippen LogP contribution in [0.4, 0.5) is 14.5 Å². The van der Waals surface area contributed by atoms with E-state index in [2.05, 4.69) is 10.6 Å². The summed E-state index contributed by atoms with van der Waals surface area (Å²) in [5.41, 5.74) is 2.24. The summed E-state index contributed by atoms with van der Waals surface area (Å²) in [5, 5.41) is 5.35. The zero-order valence-electron chi connectivity index (χ0n) is 11.6. The standard InChI is InChI=1S/C16H16F2N2O/c1-11-2-4-12(5-3-11)9-20-16(21)10-19-15-7-6-13(17)8-14(15)18/h2-8,19H,9-10H2,1H3,(H,20,21). The summed E-state index contributed by atoms with van der Waals surface area (Å²) in [7, 11) is 0. The van der Waals surface area contributed by atoms with Gasteiger partial charge in [0, 0.05) is 12.6 Å². The third-order valence-corrected chi connectivity index (χ3v) is 2.98. The fourth-order valence-electron chi connectivity index (χ4n) is 1.78. The van der Waals surface area contributed by atoms with Crippen LogP contribution in [-0.4, -0.2) is 12.5 Å². The molecule has 0 saturated heterocycles. The molecule has 2 aromatic rings. The van der Waals surface area contributed by atoms with Gasteiger partial charge in [0.05, 0.1) is 12.2 Å². The van der Waals surface area contributed by atoms with Gasteiger partial charge in [0.2, 0.25) is 5.91 Å². The number of carbonyl (C=O) groups excluding carboxylic acids is 1. The average molecular weight is 290 g/mol. The number of hydrogen-bond donors (Lipinski definition) is 2. The molecule has 0 spiro atoms. The molecule has 2 rings (SSSR count). The quantitative estimate of drug-likeness (QED) is 0.889. The van der Waals surface area contributed by atoms with Crippen LogP contribution in [0, 0.1) is 18.6 Å². The number of amides is 1. The van der Waals surface area contributed by atoms with Crippen molar-refractivity contribution >= 4 is 11.6 Å². The Labute approximate surface area is 122 Å². The number of aryl methyl sites for hydroxylation is 1. The summed E-state index contributed by atoms with van der Waals surface area (Å²) in [5.74, 6) is -1.64. The van der Waals surface area contributed by atoms with Crippen LogP contribution in [0.5, 0.6) is 0 Å². The van der Waals surface area contributed by atoms with Crippen molar-refractivity contribution < 1.29 is 13.6 Å². The van der Waals surface area contributed by atoms with E-state index in [9.17, 15) is 13.6 Å². The van der Waals surface area contributed by atoms with E-state index in [1.807, 2.05) is 31.2 Å². The van der Waals surface area contributed by atoms with Gasteiger partial charge in [-0.3, -0.25) is 4.79 Å². The molecule has 0 unspecified atom stereocenters. The molecule has 3 nitrogen and oxygen atoms in total. The first kappa shape index (κ1) is 15.0. The minimum atomic E-state index is -0.721. The Morgan fingerprint density at radius 3 is 2.48 bits per heavy atom. The normalized spacial score (nSPS) is 10.2. The molecule has 0 aliphatic rings. The molecule has 0 aromatic heterocycles. The molecule has 0 atom stereocenters. The maximum Gasteiger partial charge on any atom is 0.239 e. The van der Waals surface area contributed by atoms with E-state index in [1.54, 1.807) is 0 Å². The van der Waals surface area contributed by atoms with Crippen LogP contribution in [0.1, 0.15) is 11.1 Å². The minimum absolute atomic E-state index is 0.0750. The molecule has 21 heavy (non-hydrogen) atoms. The molecule has 5 heteroatoms. The highest BCUT2D eigenvalue weighted by Crippen LogP contribution is 2.14. The van der Waals surface area contributed by atoms with Crippen LogP contribution in [-0.2, 0) is 11.3 Å². The number of hydrogen-bond acceptors (Lipinski definition) is 2. The molecule has 2 aromatic carbocycles. The van der Waals surface area contributed by atoms with Gasteiger partial charge in [0.25, 0.3) is 0 Å². The lowest BCUT2D eigenvalue weighted by Gasteiger charge is -2.09. The number of benzene rings is 2. The van der Waals surface area contributed by atoms with Crippen LogP contribution in [0.3, 0.4) is 0 Å². The Bertz CT molecular complexity index is 627. The van der Waals surface area contributed by atoms with E-state index < -0.39 is 11.6 Å². The fraction of sp³-hybridized carbons (Fsp3) is 0.188. The molecule has 0 fully saturated rings. The Morgan fingerprint density at radius 2 is 1.81 bits per heavy atom. The van der Waals surface area contributed by atoms with Crippen LogP contribution < -0.4 is 10.6 Å². The van der Waals surface area contributed by atoms with Crippen LogP contribution in [0.2, 0.25) is 0 Å². The van der Waals surface area contributed by atoms with Crippen molar-refractivity contribution in [3.8, 4) is 0 Å². The third kappa shape index (κ3) is 4.56. The van der Waals surface area contributed by atoms with Crippen LogP contribution >= 0.6 is 0 Å². The maximum atomic E-state index is 13.4. The Hall–Kier alpha value is -2.43. The maximum absolute atomic E-state index is 13.4. The second-order valence-electron chi connectivity index (χ2n) is 4.74. The van der Waals surface area contributed by atoms with Gasteiger partial charge in [-0.1, -0.05) is 29.8 Å². The van der Waals surface area contributed by atoms with Gasteiger partial charge in [-0.15, -0.1) is 0 Å². The molecular weight excluding hydrogens is 274 g/mol. The number of rotatable bonds is 5. The number of nitrogens with one attached hydrogen (secondary N) is 2. The highest BCUT2D eigenvalue weighted by molar-refractivity contribution is 5.80. The van der Waals surface area contributed by atoms with Crippen LogP contribution in [0.15, 0.2) is 42.5 Å². The van der Waals surface area contributed by atoms with Gasteiger partial charge in [0.15, 0.2) is 0 Å². The fourth-order valence-corrected chi connectivity index (χ4v) is 1.78. The zero-order chi connectivity index (χ0) is 15.2. The molecule has 0 aliphatic carbocycles. The monoisotopic (exact) mass is 290 g/mol. The van der Waals surface area contributed by atoms with Crippen molar-refractivity contribution in [2.24, 2.45) is 0 Å².